The number of aryl methyl sites for hydroxylation is 1. The number of carbonyl (C=O) groups is 5. The number of carboxylic acid groups (broad SMARTS) is 1. The number of pyridine rings is 1. The lowest BCUT2D eigenvalue weighted by molar-refractivity contribution is -0.119. The number of nitrogens with zero attached hydrogens (tertiary/aromatic N) is 6. The fourth-order valence-electron chi connectivity index (χ4n) is 7.40. The number of nitrogens with one attached hydrogen (secondary N) is 3. The van der Waals surface area contributed by atoms with E-state index >= 15 is 4.39 Å². The predicted molar refractivity (Wildman–Crippen MR) is 226 cm³/mol. The van der Waals surface area contributed by atoms with Gasteiger partial charge in [-0.3, -0.25) is 9.59 Å². The molecule has 20 heteroatoms. The second-order valence-corrected chi connectivity index (χ2v) is 15.3. The zero-order valence-corrected chi connectivity index (χ0v) is 34.4. The summed E-state index contributed by atoms with van der Waals surface area (Å²) >= 11 is 0. The fourth-order valence-corrected chi connectivity index (χ4v) is 7.40. The molecule has 1 unspecified atom stereocenters. The maximum atomic E-state index is 15.4. The van der Waals surface area contributed by atoms with Crippen molar-refractivity contribution < 1.29 is 42.9 Å². The van der Waals surface area contributed by atoms with E-state index in [0.717, 1.165) is 11.6 Å². The number of nitrogens with two attached hydrogens (primary N) is 1. The van der Waals surface area contributed by atoms with Crippen molar-refractivity contribution in [3.63, 3.8) is 0 Å². The number of carbonyl (C=O) groups excluding carboxylic acids is 4. The molecule has 2 fully saturated rings. The van der Waals surface area contributed by atoms with Crippen LogP contribution in [-0.2, 0) is 39.6 Å². The minimum absolute atomic E-state index is 0.0236. The third kappa shape index (κ3) is 10.3. The number of anilines is 2. The quantitative estimate of drug-likeness (QED) is 0.0864. The molecule has 5 amide bonds. The standard InChI is InChI=1S/C43H47FN10O9/c1-2-51-23-31(39(57)58)37(55)30-21-32(44)35(22-34(30)51)52-17-19-53(20-18-52)42(61)63-26-28-10-12-29(13-11-28)47-38(56)33(9-6-16-46-40(45)59)54-24-36(49-50-54)43(14-15-43)48-41(60)62-25-27-7-4-3-5-8-27/h3-5,7-8,10-13,21-24,33H,2,6,9,14-20,25-26H2,1H3,(H,47,56)(H,48,60)(H,57,58)(H3,45,46,59). The summed E-state index contributed by atoms with van der Waals surface area (Å²) in [5, 5.41) is 26.3. The van der Waals surface area contributed by atoms with Crippen molar-refractivity contribution in [3.8, 4) is 0 Å². The molecule has 2 aromatic heterocycles. The highest BCUT2D eigenvalue weighted by Crippen LogP contribution is 2.44. The number of ether oxygens (including phenoxy) is 2. The number of aromatic carboxylic acids is 1. The molecule has 0 spiro atoms. The first-order valence-electron chi connectivity index (χ1n) is 20.4. The molecule has 1 aliphatic heterocycles. The summed E-state index contributed by atoms with van der Waals surface area (Å²) < 4.78 is 29.4. The van der Waals surface area contributed by atoms with E-state index < -0.39 is 58.5 Å². The van der Waals surface area contributed by atoms with Crippen LogP contribution in [0.5, 0.6) is 0 Å². The van der Waals surface area contributed by atoms with Crippen molar-refractivity contribution >= 4 is 52.4 Å². The average molecular weight is 867 g/mol. The van der Waals surface area contributed by atoms with Crippen molar-refractivity contribution in [2.75, 3.05) is 42.9 Å². The number of aromatic nitrogens is 4. The molecule has 7 rings (SSSR count). The van der Waals surface area contributed by atoms with Gasteiger partial charge in [-0.05, 0) is 68.0 Å². The largest absolute Gasteiger partial charge is 0.477 e. The van der Waals surface area contributed by atoms with Gasteiger partial charge in [-0.25, -0.2) is 28.3 Å². The number of hydrogen-bond acceptors (Lipinski definition) is 11. The van der Waals surface area contributed by atoms with Crippen molar-refractivity contribution in [2.45, 2.75) is 63.9 Å². The molecule has 6 N–H and O–H groups in total. The summed E-state index contributed by atoms with van der Waals surface area (Å²) in [7, 11) is 0. The van der Waals surface area contributed by atoms with E-state index in [1.54, 1.807) is 46.9 Å². The van der Waals surface area contributed by atoms with Gasteiger partial charge in [0.1, 0.15) is 36.3 Å². The maximum Gasteiger partial charge on any atom is 0.410 e. The Morgan fingerprint density at radius 1 is 0.937 bits per heavy atom. The van der Waals surface area contributed by atoms with Gasteiger partial charge in [-0.2, -0.15) is 0 Å². The van der Waals surface area contributed by atoms with Crippen LogP contribution < -0.4 is 32.0 Å². The lowest BCUT2D eigenvalue weighted by Crippen LogP contribution is -2.49. The van der Waals surface area contributed by atoms with Crippen LogP contribution in [0.3, 0.4) is 0 Å². The Bertz CT molecular complexity index is 2550. The van der Waals surface area contributed by atoms with Gasteiger partial charge in [0, 0.05) is 56.5 Å². The molecular weight excluding hydrogens is 820 g/mol. The van der Waals surface area contributed by atoms with Gasteiger partial charge in [0.2, 0.25) is 11.3 Å². The van der Waals surface area contributed by atoms with Crippen molar-refractivity contribution in [3.05, 3.63) is 118 Å². The number of fused-ring (bicyclic) bond motifs is 1. The molecule has 0 bridgehead atoms. The number of alkyl carbamates (subject to hydrolysis) is 1. The van der Waals surface area contributed by atoms with Crippen LogP contribution in [0.25, 0.3) is 10.9 Å². The summed E-state index contributed by atoms with van der Waals surface area (Å²) in [6, 6.07) is 17.1. The zero-order chi connectivity index (χ0) is 44.7. The smallest absolute Gasteiger partial charge is 0.410 e. The number of amides is 5. The number of carboxylic acids is 1. The molecule has 1 saturated carbocycles. The van der Waals surface area contributed by atoms with Crippen LogP contribution in [0.4, 0.5) is 30.1 Å². The molecule has 63 heavy (non-hydrogen) atoms. The van der Waals surface area contributed by atoms with Crippen LogP contribution in [-0.4, -0.2) is 92.4 Å². The second-order valence-electron chi connectivity index (χ2n) is 15.3. The summed E-state index contributed by atoms with van der Waals surface area (Å²) in [6.07, 6.45) is 3.62. The number of halogens is 1. The van der Waals surface area contributed by atoms with Crippen LogP contribution in [0, 0.1) is 5.82 Å². The van der Waals surface area contributed by atoms with Crippen LogP contribution in [0.1, 0.15) is 65.8 Å². The Morgan fingerprint density at radius 2 is 1.63 bits per heavy atom. The molecule has 330 valence electrons. The first-order chi connectivity index (χ1) is 30.3. The van der Waals surface area contributed by atoms with E-state index in [-0.39, 0.29) is 63.4 Å². The number of rotatable bonds is 16. The van der Waals surface area contributed by atoms with Crippen molar-refractivity contribution in [2.24, 2.45) is 5.73 Å². The van der Waals surface area contributed by atoms with E-state index in [2.05, 4.69) is 26.3 Å². The van der Waals surface area contributed by atoms with Gasteiger partial charge >= 0.3 is 24.2 Å². The highest BCUT2D eigenvalue weighted by atomic mass is 19.1. The lowest BCUT2D eigenvalue weighted by atomic mass is 10.1. The van der Waals surface area contributed by atoms with Crippen LogP contribution in [0.2, 0.25) is 0 Å². The van der Waals surface area contributed by atoms with E-state index in [1.165, 1.54) is 21.8 Å². The fraction of sp³-hybridized carbons (Fsp3) is 0.349. The number of primary amides is 1. The van der Waals surface area contributed by atoms with Crippen molar-refractivity contribution in [1.82, 2.24) is 35.1 Å². The summed E-state index contributed by atoms with van der Waals surface area (Å²) in [5.41, 5.74) is 6.36. The van der Waals surface area contributed by atoms with Gasteiger partial charge in [-0.15, -0.1) is 5.10 Å². The predicted octanol–water partition coefficient (Wildman–Crippen LogP) is 4.45. The van der Waals surface area contributed by atoms with E-state index in [1.807, 2.05) is 30.3 Å². The molecule has 1 aliphatic carbocycles. The first-order valence-corrected chi connectivity index (χ1v) is 20.4. The maximum absolute atomic E-state index is 15.4. The molecule has 1 atom stereocenters. The van der Waals surface area contributed by atoms with Crippen LogP contribution in [0.15, 0.2) is 83.9 Å². The minimum atomic E-state index is -1.38. The zero-order valence-electron chi connectivity index (χ0n) is 34.4. The number of hydrogen-bond donors (Lipinski definition) is 5. The van der Waals surface area contributed by atoms with Gasteiger partial charge in [0.15, 0.2) is 0 Å². The molecule has 3 heterocycles. The molecule has 1 saturated heterocycles. The third-order valence-corrected chi connectivity index (χ3v) is 11.1. The molecule has 3 aromatic carbocycles. The molecule has 0 radical (unpaired) electrons. The normalized spacial score (nSPS) is 14.7. The monoisotopic (exact) mass is 866 g/mol. The second kappa shape index (κ2) is 19.0. The van der Waals surface area contributed by atoms with Gasteiger partial charge in [0.25, 0.3) is 0 Å². The van der Waals surface area contributed by atoms with Gasteiger partial charge in [-0.1, -0.05) is 47.7 Å². The van der Waals surface area contributed by atoms with Gasteiger partial charge in [0.05, 0.1) is 22.9 Å². The Balaban J connectivity index is 0.923. The van der Waals surface area contributed by atoms with E-state index in [9.17, 15) is 33.9 Å². The van der Waals surface area contributed by atoms with Crippen LogP contribution >= 0.6 is 0 Å². The molecular formula is C43H47FN10O9. The Labute approximate surface area is 359 Å². The SMILES string of the molecule is CCn1cc(C(=O)O)c(=O)c2cc(F)c(N3CCN(C(=O)OCc4ccc(NC(=O)C(CCCNC(N)=O)n5cc(C6(NC(=O)OCc7ccccc7)CC6)nn5)cc4)CC3)cc21. The third-order valence-electron chi connectivity index (χ3n) is 11.1. The summed E-state index contributed by atoms with van der Waals surface area (Å²) in [5.74, 6) is -2.46. The Morgan fingerprint density at radius 3 is 2.30 bits per heavy atom. The molecule has 5 aromatic rings. The first kappa shape index (κ1) is 43.6. The van der Waals surface area contributed by atoms with E-state index in [4.69, 9.17) is 15.2 Å². The highest BCUT2D eigenvalue weighted by Gasteiger charge is 2.49. The Hall–Kier alpha value is -7.51. The average Bonchev–Trinajstić information content (AvgIpc) is 3.89. The van der Waals surface area contributed by atoms with E-state index in [0.29, 0.717) is 48.3 Å². The Kier molecular flexibility index (Phi) is 13.2. The topological polar surface area (TPSA) is 245 Å². The highest BCUT2D eigenvalue weighted by molar-refractivity contribution is 5.94. The summed E-state index contributed by atoms with van der Waals surface area (Å²) in [6.45, 7) is 3.50. The molecule has 2 aliphatic rings. The number of urea groups is 1. The number of benzene rings is 3. The number of piperazine rings is 1. The molecule has 19 nitrogen and oxygen atoms in total. The minimum Gasteiger partial charge on any atom is -0.477 e. The van der Waals surface area contributed by atoms with Crippen molar-refractivity contribution in [1.29, 1.82) is 0 Å². The van der Waals surface area contributed by atoms with Gasteiger partial charge < -0.3 is 50.6 Å². The lowest BCUT2D eigenvalue weighted by Gasteiger charge is -2.35. The summed E-state index contributed by atoms with van der Waals surface area (Å²) in [4.78, 5) is 78.3.